The molecule has 3 aromatic carbocycles. The molecule has 49 heavy (non-hydrogen) atoms. The first kappa shape index (κ1) is 35.8. The van der Waals surface area contributed by atoms with Crippen LogP contribution < -0.4 is 21.3 Å². The number of anilines is 2. The van der Waals surface area contributed by atoms with Gasteiger partial charge in [-0.25, -0.2) is 0 Å². The fraction of sp³-hybridized carbons (Fsp3) is 0.359. The molecule has 10 heteroatoms. The summed E-state index contributed by atoms with van der Waals surface area (Å²) in [6.07, 6.45) is 3.12. The Kier molecular flexibility index (Phi) is 12.6. The van der Waals surface area contributed by atoms with E-state index in [1.165, 1.54) is 29.5 Å². The van der Waals surface area contributed by atoms with Gasteiger partial charge >= 0.3 is 6.18 Å². The summed E-state index contributed by atoms with van der Waals surface area (Å²) in [7, 11) is 0. The van der Waals surface area contributed by atoms with Crippen molar-refractivity contribution in [2.24, 2.45) is 0 Å². The molecule has 2 unspecified atom stereocenters. The third kappa shape index (κ3) is 10.5. The number of benzene rings is 3. The average molecular weight is 672 g/mol. The van der Waals surface area contributed by atoms with Crippen molar-refractivity contribution in [1.29, 1.82) is 0 Å². The summed E-state index contributed by atoms with van der Waals surface area (Å²) >= 11 is 0. The molecular formula is C39H44F3N5O2. The summed E-state index contributed by atoms with van der Waals surface area (Å²) in [5.41, 5.74) is 5.03. The predicted octanol–water partition coefficient (Wildman–Crippen LogP) is 8.18. The molecule has 0 bridgehead atoms. The van der Waals surface area contributed by atoms with Gasteiger partial charge in [0.25, 0.3) is 11.8 Å². The van der Waals surface area contributed by atoms with Crippen molar-refractivity contribution in [3.05, 3.63) is 125 Å². The van der Waals surface area contributed by atoms with Crippen LogP contribution in [-0.4, -0.2) is 43.0 Å². The molecule has 4 aromatic rings. The van der Waals surface area contributed by atoms with E-state index < -0.39 is 17.6 Å². The zero-order chi connectivity index (χ0) is 34.6. The monoisotopic (exact) mass is 671 g/mol. The number of pyridine rings is 1. The van der Waals surface area contributed by atoms with Gasteiger partial charge in [0.05, 0.1) is 5.56 Å². The number of aryl methyl sites for hydroxylation is 1. The number of alkyl halides is 3. The van der Waals surface area contributed by atoms with Gasteiger partial charge in [-0.2, -0.15) is 13.2 Å². The molecule has 2 atom stereocenters. The number of hydrogen-bond acceptors (Lipinski definition) is 5. The molecule has 1 aromatic heterocycles. The second-order valence-electron chi connectivity index (χ2n) is 12.6. The zero-order valence-electron chi connectivity index (χ0n) is 27.8. The first-order valence-electron chi connectivity index (χ1n) is 17.1. The Bertz CT molecular complexity index is 1630. The number of hydrogen-bond donors (Lipinski definition) is 4. The van der Waals surface area contributed by atoms with Gasteiger partial charge in [0.2, 0.25) is 0 Å². The predicted molar refractivity (Wildman–Crippen MR) is 188 cm³/mol. The van der Waals surface area contributed by atoms with Gasteiger partial charge in [-0.15, -0.1) is 0 Å². The van der Waals surface area contributed by atoms with E-state index in [0.29, 0.717) is 29.3 Å². The number of carbonyl (C=O) groups excluding carboxylic acids is 2. The highest BCUT2D eigenvalue weighted by Gasteiger charge is 2.31. The van der Waals surface area contributed by atoms with Crippen LogP contribution in [0.4, 0.5) is 24.5 Å². The minimum atomic E-state index is -4.47. The van der Waals surface area contributed by atoms with Crippen LogP contribution in [0.15, 0.2) is 91.1 Å². The quantitative estimate of drug-likeness (QED) is 0.152. The van der Waals surface area contributed by atoms with Crippen molar-refractivity contribution in [3.63, 3.8) is 0 Å². The van der Waals surface area contributed by atoms with Crippen molar-refractivity contribution in [3.8, 4) is 0 Å². The number of nitrogens with zero attached hydrogens (tertiary/aromatic N) is 1. The molecule has 0 spiro atoms. The van der Waals surface area contributed by atoms with E-state index in [9.17, 15) is 22.8 Å². The fourth-order valence-corrected chi connectivity index (χ4v) is 6.16. The number of rotatable bonds is 8. The summed E-state index contributed by atoms with van der Waals surface area (Å²) in [6.45, 7) is 6.33. The smallest absolute Gasteiger partial charge is 0.322 e. The first-order chi connectivity index (χ1) is 23.7. The van der Waals surface area contributed by atoms with E-state index in [1.807, 2.05) is 48.5 Å². The van der Waals surface area contributed by atoms with E-state index in [-0.39, 0.29) is 11.6 Å². The summed E-state index contributed by atoms with van der Waals surface area (Å²) < 4.78 is 37.5. The maximum atomic E-state index is 12.5. The Morgan fingerprint density at radius 3 is 1.69 bits per heavy atom. The number of nitrogens with one attached hydrogen (secondary N) is 4. The number of amides is 2. The van der Waals surface area contributed by atoms with Crippen LogP contribution in [-0.2, 0) is 12.6 Å². The van der Waals surface area contributed by atoms with Crippen molar-refractivity contribution >= 4 is 23.2 Å². The summed E-state index contributed by atoms with van der Waals surface area (Å²) in [4.78, 5) is 28.0. The van der Waals surface area contributed by atoms with E-state index in [4.69, 9.17) is 0 Å². The Morgan fingerprint density at radius 1 is 0.735 bits per heavy atom. The molecule has 0 saturated carbocycles. The fourth-order valence-electron chi connectivity index (χ4n) is 6.16. The molecule has 2 aliphatic rings. The molecule has 4 N–H and O–H groups in total. The van der Waals surface area contributed by atoms with Crippen molar-refractivity contribution < 1.29 is 22.8 Å². The summed E-state index contributed by atoms with van der Waals surface area (Å²) in [6, 6.07) is 25.6. The van der Waals surface area contributed by atoms with Crippen molar-refractivity contribution in [2.45, 2.75) is 63.5 Å². The third-order valence-corrected chi connectivity index (χ3v) is 8.95. The van der Waals surface area contributed by atoms with Crippen LogP contribution in [0.2, 0.25) is 0 Å². The number of piperidine rings is 2. The van der Waals surface area contributed by atoms with Gasteiger partial charge < -0.3 is 21.3 Å². The van der Waals surface area contributed by atoms with Crippen LogP contribution >= 0.6 is 0 Å². The Balaban J connectivity index is 0.000000191. The Hall–Kier alpha value is -4.54. The Morgan fingerprint density at radius 2 is 1.27 bits per heavy atom. The van der Waals surface area contributed by atoms with E-state index in [1.54, 1.807) is 12.1 Å². The van der Waals surface area contributed by atoms with Gasteiger partial charge in [0.15, 0.2) is 0 Å². The van der Waals surface area contributed by atoms with Crippen molar-refractivity contribution in [2.75, 3.05) is 36.8 Å². The van der Waals surface area contributed by atoms with Crippen molar-refractivity contribution in [1.82, 2.24) is 15.6 Å². The van der Waals surface area contributed by atoms with Crippen LogP contribution in [0.1, 0.15) is 94.0 Å². The maximum absolute atomic E-state index is 12.5. The SMILES string of the molecule is CCCc1ccc(C(=O)Nc2ccc(C3CCCNC3)cc2)cc1.O=C(Nc1ccc(C2CCCNC2)cc1)c1ccc(C(F)(F)F)cn1. The lowest BCUT2D eigenvalue weighted by atomic mass is 9.91. The molecule has 2 amide bonds. The second kappa shape index (κ2) is 17.2. The third-order valence-electron chi connectivity index (χ3n) is 8.95. The minimum Gasteiger partial charge on any atom is -0.322 e. The topological polar surface area (TPSA) is 95.2 Å². The lowest BCUT2D eigenvalue weighted by Gasteiger charge is -2.23. The number of aromatic nitrogens is 1. The van der Waals surface area contributed by atoms with Crippen LogP contribution in [0, 0.1) is 0 Å². The van der Waals surface area contributed by atoms with Crippen LogP contribution in [0.25, 0.3) is 0 Å². The Labute approximate surface area is 286 Å². The number of halogens is 3. The lowest BCUT2D eigenvalue weighted by Crippen LogP contribution is -2.28. The molecule has 258 valence electrons. The highest BCUT2D eigenvalue weighted by atomic mass is 19.4. The molecule has 2 aliphatic heterocycles. The van der Waals surface area contributed by atoms with Gasteiger partial charge in [-0.05, 0) is 122 Å². The molecule has 3 heterocycles. The zero-order valence-corrected chi connectivity index (χ0v) is 27.8. The second-order valence-corrected chi connectivity index (χ2v) is 12.6. The van der Waals surface area contributed by atoms with Gasteiger partial charge in [0.1, 0.15) is 5.69 Å². The van der Waals surface area contributed by atoms with E-state index in [2.05, 4.69) is 45.3 Å². The highest BCUT2D eigenvalue weighted by Crippen LogP contribution is 2.29. The maximum Gasteiger partial charge on any atom is 0.417 e. The van der Waals surface area contributed by atoms with Crippen LogP contribution in [0.5, 0.6) is 0 Å². The van der Waals surface area contributed by atoms with E-state index in [0.717, 1.165) is 69.7 Å². The van der Waals surface area contributed by atoms with Crippen LogP contribution in [0.3, 0.4) is 0 Å². The van der Waals surface area contributed by atoms with E-state index >= 15 is 0 Å². The standard InChI is InChI=1S/C21H26N2O.C18H18F3N3O/c1-2-4-16-6-8-18(9-7-16)21(24)23-20-12-10-17(11-13-20)19-5-3-14-22-15-19;19-18(20,21)14-5-8-16(23-11-14)17(25)24-15-6-3-12(4-7-15)13-2-1-9-22-10-13/h6-13,19,22H,2-5,14-15H2,1H3,(H,23,24);3-8,11,13,22H,1-2,9-10H2,(H,24,25). The molecular weight excluding hydrogens is 627 g/mol. The summed E-state index contributed by atoms with van der Waals surface area (Å²) in [5.74, 6) is 0.468. The number of carbonyl (C=O) groups is 2. The molecule has 0 aliphatic carbocycles. The average Bonchev–Trinajstić information content (AvgIpc) is 3.13. The van der Waals surface area contributed by atoms with Gasteiger partial charge in [-0.1, -0.05) is 49.7 Å². The summed E-state index contributed by atoms with van der Waals surface area (Å²) in [5, 5.41) is 12.4. The molecule has 2 fully saturated rings. The minimum absolute atomic E-state index is 0.0508. The van der Waals surface area contributed by atoms with Gasteiger partial charge in [-0.3, -0.25) is 14.6 Å². The molecule has 6 rings (SSSR count). The normalized spacial score (nSPS) is 17.7. The first-order valence-corrected chi connectivity index (χ1v) is 17.1. The molecule has 0 radical (unpaired) electrons. The van der Waals surface area contributed by atoms with Gasteiger partial charge in [0, 0.05) is 36.2 Å². The molecule has 7 nitrogen and oxygen atoms in total. The highest BCUT2D eigenvalue weighted by molar-refractivity contribution is 6.04. The largest absolute Gasteiger partial charge is 0.417 e. The molecule has 2 saturated heterocycles. The lowest BCUT2D eigenvalue weighted by molar-refractivity contribution is -0.137.